The van der Waals surface area contributed by atoms with Gasteiger partial charge >= 0.3 is 5.97 Å². The molecule has 6 aromatic heterocycles. The van der Waals surface area contributed by atoms with Gasteiger partial charge in [0.1, 0.15) is 22.9 Å². The number of rotatable bonds is 4. The predicted molar refractivity (Wildman–Crippen MR) is 209 cm³/mol. The van der Waals surface area contributed by atoms with Gasteiger partial charge in [0.25, 0.3) is 5.91 Å². The number of thiophene rings is 2. The van der Waals surface area contributed by atoms with Crippen LogP contribution in [0.15, 0.2) is 122 Å². The van der Waals surface area contributed by atoms with E-state index in [-0.39, 0.29) is 33.6 Å². The van der Waals surface area contributed by atoms with E-state index in [4.69, 9.17) is 5.11 Å². The van der Waals surface area contributed by atoms with Crippen LogP contribution < -0.4 is 5.32 Å². The van der Waals surface area contributed by atoms with Crippen LogP contribution in [0.25, 0.3) is 11.3 Å². The minimum absolute atomic E-state index is 0.194. The summed E-state index contributed by atoms with van der Waals surface area (Å²) < 4.78 is 59.1. The van der Waals surface area contributed by atoms with Crippen LogP contribution in [0.4, 0.5) is 17.6 Å². The summed E-state index contributed by atoms with van der Waals surface area (Å²) in [6.07, 6.45) is 11.4. The van der Waals surface area contributed by atoms with Crippen LogP contribution in [0.1, 0.15) is 64.8 Å². The molecule has 0 saturated carbocycles. The first-order chi connectivity index (χ1) is 27.6. The second-order valence-corrected chi connectivity index (χ2v) is 15.4. The summed E-state index contributed by atoms with van der Waals surface area (Å²) in [5.74, 6) is -1.80. The molecule has 288 valence electrons. The summed E-state index contributed by atoms with van der Waals surface area (Å²) in [7, 11) is 0. The molecule has 2 atom stereocenters. The van der Waals surface area contributed by atoms with Gasteiger partial charge in [-0.1, -0.05) is 36.4 Å². The van der Waals surface area contributed by atoms with E-state index in [0.29, 0.717) is 35.2 Å². The van der Waals surface area contributed by atoms with Crippen molar-refractivity contribution in [3.63, 3.8) is 0 Å². The fraction of sp³-hybridized carbons (Fsp3) is 0.143. The van der Waals surface area contributed by atoms with Crippen LogP contribution in [0.2, 0.25) is 0 Å². The lowest BCUT2D eigenvalue weighted by Gasteiger charge is -2.36. The van der Waals surface area contributed by atoms with Crippen molar-refractivity contribution in [2.24, 2.45) is 0 Å². The van der Waals surface area contributed by atoms with Crippen molar-refractivity contribution in [3.05, 3.63) is 187 Å². The number of halogens is 4. The molecule has 2 aliphatic heterocycles. The Labute approximate surface area is 331 Å². The van der Waals surface area contributed by atoms with Crippen LogP contribution in [0, 0.1) is 21.9 Å². The molecule has 0 saturated heterocycles. The van der Waals surface area contributed by atoms with Gasteiger partial charge in [0.2, 0.25) is 0 Å². The Morgan fingerprint density at radius 3 is 1.88 bits per heavy atom. The topological polar surface area (TPSA) is 104 Å². The van der Waals surface area contributed by atoms with E-state index in [1.807, 2.05) is 0 Å². The number of aromatic nitrogens is 4. The molecule has 15 heteroatoms. The number of aromatic carboxylic acids is 1. The molecule has 2 unspecified atom stereocenters. The summed E-state index contributed by atoms with van der Waals surface area (Å²) >= 11 is 2.23. The Kier molecular flexibility index (Phi) is 10.7. The highest BCUT2D eigenvalue weighted by atomic mass is 32.1. The molecule has 2 N–H and O–H groups in total. The van der Waals surface area contributed by atoms with Gasteiger partial charge in [-0.15, -0.1) is 22.7 Å². The molecule has 8 aromatic rings. The molecular weight excluding hydrogens is 777 g/mol. The highest BCUT2D eigenvalue weighted by molar-refractivity contribution is 7.10. The third-order valence-electron chi connectivity index (χ3n) is 9.77. The number of hydrogen-bond donors (Lipinski definition) is 2. The minimum Gasteiger partial charge on any atom is -0.478 e. The standard InChI is InChI=1S/C21H15F2N3OS.C13H11F2NS.C8H6N2O2/c22-16-4-2-1-3-14(16)20-15-11-18(23)28-17(15)7-9-26(20)21(27)13-5-6-19-24-8-10-25(19)12-13;14-10-4-2-1-3-8(10)13-9-7-12(15)17-11(9)5-6-16-13;11-8(12)6-1-2-7-9-3-4-10(7)5-6/h1-6,8,10-12,20H,7,9H2;1-4,7,13,16H,5-6H2;1-5H,(H,11,12). The Hall–Kier alpha value is -6.16. The van der Waals surface area contributed by atoms with E-state index in [0.717, 1.165) is 50.9 Å². The molecule has 0 bridgehead atoms. The highest BCUT2D eigenvalue weighted by Gasteiger charge is 2.36. The monoisotopic (exact) mass is 808 g/mol. The number of pyridine rings is 2. The van der Waals surface area contributed by atoms with E-state index < -0.39 is 17.8 Å². The van der Waals surface area contributed by atoms with Crippen LogP contribution in [-0.2, 0) is 12.8 Å². The van der Waals surface area contributed by atoms with E-state index in [2.05, 4.69) is 15.3 Å². The third kappa shape index (κ3) is 7.81. The van der Waals surface area contributed by atoms with E-state index in [9.17, 15) is 27.2 Å². The van der Waals surface area contributed by atoms with Crippen molar-refractivity contribution < 1.29 is 32.3 Å². The largest absolute Gasteiger partial charge is 0.478 e. The van der Waals surface area contributed by atoms with Crippen LogP contribution in [0.5, 0.6) is 0 Å². The highest BCUT2D eigenvalue weighted by Crippen LogP contribution is 2.40. The number of amides is 1. The molecular formula is C42H32F4N6O3S2. The van der Waals surface area contributed by atoms with Crippen molar-refractivity contribution in [3.8, 4) is 0 Å². The van der Waals surface area contributed by atoms with Crippen LogP contribution in [0.3, 0.4) is 0 Å². The first-order valence-electron chi connectivity index (χ1n) is 17.8. The number of carboxylic acids is 1. The zero-order valence-corrected chi connectivity index (χ0v) is 31.5. The van der Waals surface area contributed by atoms with Gasteiger partial charge in [-0.3, -0.25) is 4.79 Å². The second-order valence-electron chi connectivity index (χ2n) is 13.2. The number of hydrogen-bond acceptors (Lipinski definition) is 7. The summed E-state index contributed by atoms with van der Waals surface area (Å²) in [5, 5.41) is 11.4. The first-order valence-corrected chi connectivity index (χ1v) is 19.5. The van der Waals surface area contributed by atoms with Crippen molar-refractivity contribution >= 4 is 45.8 Å². The van der Waals surface area contributed by atoms with Gasteiger partial charge < -0.3 is 24.1 Å². The SMILES string of the molecule is Fc1cc2c(s1)CCNC2c1ccccc1F.O=C(O)c1ccc2nccn2c1.O=C(c1ccc2nccn2c1)N1CCc2sc(F)cc2C1c1ccccc1F. The molecule has 0 radical (unpaired) electrons. The summed E-state index contributed by atoms with van der Waals surface area (Å²) in [6.45, 7) is 1.15. The summed E-state index contributed by atoms with van der Waals surface area (Å²) in [4.78, 5) is 35.6. The fourth-order valence-electron chi connectivity index (χ4n) is 7.14. The number of imidazole rings is 2. The molecule has 57 heavy (non-hydrogen) atoms. The van der Waals surface area contributed by atoms with E-state index in [1.165, 1.54) is 47.9 Å². The lowest BCUT2D eigenvalue weighted by Crippen LogP contribution is -2.40. The molecule has 2 aromatic carbocycles. The normalized spacial score (nSPS) is 15.9. The van der Waals surface area contributed by atoms with Crippen LogP contribution >= 0.6 is 22.7 Å². The predicted octanol–water partition coefficient (Wildman–Crippen LogP) is 8.76. The maximum atomic E-state index is 14.6. The molecule has 9 nitrogen and oxygen atoms in total. The average Bonchev–Trinajstić information content (AvgIpc) is 4.03. The van der Waals surface area contributed by atoms with Crippen molar-refractivity contribution in [2.45, 2.75) is 24.9 Å². The lowest BCUT2D eigenvalue weighted by molar-refractivity contribution is 0.0685. The number of carboxylic acid groups (broad SMARTS) is 1. The van der Waals surface area contributed by atoms with Gasteiger partial charge in [-0.05, 0) is 72.5 Å². The average molecular weight is 809 g/mol. The Balaban J connectivity index is 0.000000133. The number of carbonyl (C=O) groups is 2. The van der Waals surface area contributed by atoms with Gasteiger partial charge in [0, 0.05) is 71.2 Å². The molecule has 2 aliphatic rings. The van der Waals surface area contributed by atoms with Gasteiger partial charge in [-0.25, -0.2) is 23.5 Å². The summed E-state index contributed by atoms with van der Waals surface area (Å²) in [5.41, 5.74) is 4.74. The molecule has 8 heterocycles. The van der Waals surface area contributed by atoms with Gasteiger partial charge in [-0.2, -0.15) is 8.78 Å². The molecule has 0 spiro atoms. The number of nitrogens with one attached hydrogen (secondary N) is 1. The zero-order valence-electron chi connectivity index (χ0n) is 29.9. The van der Waals surface area contributed by atoms with Gasteiger partial charge in [0.05, 0.1) is 23.2 Å². The van der Waals surface area contributed by atoms with E-state index in [1.54, 1.807) is 99.3 Å². The molecule has 0 fully saturated rings. The Morgan fingerprint density at radius 1 is 0.684 bits per heavy atom. The van der Waals surface area contributed by atoms with Crippen molar-refractivity contribution in [1.29, 1.82) is 0 Å². The molecule has 0 aliphatic carbocycles. The maximum Gasteiger partial charge on any atom is 0.337 e. The zero-order chi connectivity index (χ0) is 39.6. The second kappa shape index (κ2) is 16.1. The smallest absolute Gasteiger partial charge is 0.337 e. The molecule has 1 amide bonds. The number of carbonyl (C=O) groups excluding carboxylic acids is 1. The Bertz CT molecular complexity index is 2740. The number of benzene rings is 2. The Morgan fingerprint density at radius 2 is 1.25 bits per heavy atom. The minimum atomic E-state index is -0.925. The van der Waals surface area contributed by atoms with Crippen molar-refractivity contribution in [1.82, 2.24) is 29.0 Å². The fourth-order valence-corrected chi connectivity index (χ4v) is 8.96. The van der Waals surface area contributed by atoms with E-state index >= 15 is 0 Å². The third-order valence-corrected chi connectivity index (χ3v) is 11.8. The quantitative estimate of drug-likeness (QED) is 0.173. The molecule has 10 rings (SSSR count). The van der Waals surface area contributed by atoms with Crippen LogP contribution in [-0.4, -0.2) is 53.7 Å². The number of nitrogens with zero attached hydrogens (tertiary/aromatic N) is 5. The lowest BCUT2D eigenvalue weighted by atomic mass is 9.92. The summed E-state index contributed by atoms with van der Waals surface area (Å²) in [6, 6.07) is 21.8. The first kappa shape index (κ1) is 37.7. The van der Waals surface area contributed by atoms with Gasteiger partial charge in [0.15, 0.2) is 10.3 Å². The maximum absolute atomic E-state index is 14.6. The van der Waals surface area contributed by atoms with Crippen molar-refractivity contribution in [2.75, 3.05) is 13.1 Å². The number of fused-ring (bicyclic) bond motifs is 4.